The molecule has 1 saturated carbocycles. The van der Waals surface area contributed by atoms with E-state index in [0.717, 1.165) is 6.42 Å². The molecule has 13 heavy (non-hydrogen) atoms. The van der Waals surface area contributed by atoms with Crippen LogP contribution in [0.25, 0.3) is 0 Å². The van der Waals surface area contributed by atoms with Crippen molar-refractivity contribution in [1.82, 2.24) is 0 Å². The summed E-state index contributed by atoms with van der Waals surface area (Å²) in [6.45, 7) is 2.09. The Morgan fingerprint density at radius 1 is 1.62 bits per heavy atom. The maximum atomic E-state index is 11.3. The van der Waals surface area contributed by atoms with Gasteiger partial charge >= 0.3 is 5.97 Å². The minimum atomic E-state index is -0.485. The first-order valence-electron chi connectivity index (χ1n) is 4.49. The number of carbonyl (C=O) groups excluding carboxylic acids is 1. The summed E-state index contributed by atoms with van der Waals surface area (Å²) in [5.41, 5.74) is 0.425. The third kappa shape index (κ3) is 2.14. The van der Waals surface area contributed by atoms with Crippen LogP contribution in [0.1, 0.15) is 26.2 Å². The highest BCUT2D eigenvalue weighted by Gasteiger charge is 2.30. The van der Waals surface area contributed by atoms with Gasteiger partial charge in [-0.25, -0.2) is 0 Å². The van der Waals surface area contributed by atoms with Gasteiger partial charge in [0.25, 0.3) is 0 Å². The van der Waals surface area contributed by atoms with Crippen molar-refractivity contribution in [1.29, 1.82) is 10.8 Å². The van der Waals surface area contributed by atoms with E-state index >= 15 is 0 Å². The zero-order chi connectivity index (χ0) is 9.84. The molecule has 1 atom stereocenters. The van der Waals surface area contributed by atoms with E-state index in [9.17, 15) is 4.79 Å². The Morgan fingerprint density at radius 3 is 2.92 bits per heavy atom. The Balaban J connectivity index is 2.63. The number of ether oxygens (including phenoxy) is 1. The standard InChI is InChI=1S/C9H14N2O2/c1-2-13-9(12)6-4-3-5-7(10)8(6)11/h6,10-11H,2-5H2,1H3. The van der Waals surface area contributed by atoms with Crippen LogP contribution in [0.3, 0.4) is 0 Å². The van der Waals surface area contributed by atoms with Crippen LogP contribution in [0.2, 0.25) is 0 Å². The van der Waals surface area contributed by atoms with Crippen LogP contribution < -0.4 is 0 Å². The number of rotatable bonds is 2. The maximum Gasteiger partial charge on any atom is 0.315 e. The summed E-state index contributed by atoms with van der Waals surface area (Å²) < 4.78 is 4.82. The molecule has 0 aromatic rings. The van der Waals surface area contributed by atoms with E-state index in [1.807, 2.05) is 0 Å². The van der Waals surface area contributed by atoms with Gasteiger partial charge in [0.1, 0.15) is 5.92 Å². The van der Waals surface area contributed by atoms with Gasteiger partial charge in [0, 0.05) is 0 Å². The molecule has 0 bridgehead atoms. The Kier molecular flexibility index (Phi) is 3.17. The zero-order valence-electron chi connectivity index (χ0n) is 7.72. The summed E-state index contributed by atoms with van der Waals surface area (Å²) in [5, 5.41) is 15.0. The SMILES string of the molecule is CCOC(=O)C1CCCC(=N)C1=N. The maximum absolute atomic E-state index is 11.3. The molecular formula is C9H14N2O2. The molecule has 1 aliphatic carbocycles. The van der Waals surface area contributed by atoms with Crippen molar-refractivity contribution in [3.05, 3.63) is 0 Å². The number of nitrogens with one attached hydrogen (secondary N) is 2. The lowest BCUT2D eigenvalue weighted by Crippen LogP contribution is -2.34. The molecule has 4 nitrogen and oxygen atoms in total. The van der Waals surface area contributed by atoms with E-state index in [2.05, 4.69) is 0 Å². The molecule has 72 valence electrons. The molecule has 1 aliphatic rings. The van der Waals surface area contributed by atoms with Crippen LogP contribution in [0, 0.1) is 16.7 Å². The summed E-state index contributed by atoms with van der Waals surface area (Å²) in [7, 11) is 0. The number of esters is 1. The largest absolute Gasteiger partial charge is 0.465 e. The van der Waals surface area contributed by atoms with Crippen LogP contribution in [0.5, 0.6) is 0 Å². The van der Waals surface area contributed by atoms with Crippen molar-refractivity contribution in [2.24, 2.45) is 5.92 Å². The van der Waals surface area contributed by atoms with Crippen molar-refractivity contribution in [2.75, 3.05) is 6.61 Å². The highest BCUT2D eigenvalue weighted by Crippen LogP contribution is 2.19. The molecule has 0 saturated heterocycles. The van der Waals surface area contributed by atoms with E-state index in [4.69, 9.17) is 15.6 Å². The van der Waals surface area contributed by atoms with Gasteiger partial charge in [0.15, 0.2) is 0 Å². The van der Waals surface area contributed by atoms with Gasteiger partial charge in [-0.05, 0) is 26.2 Å². The van der Waals surface area contributed by atoms with E-state index in [0.29, 0.717) is 19.4 Å². The highest BCUT2D eigenvalue weighted by molar-refractivity contribution is 6.44. The van der Waals surface area contributed by atoms with Crippen LogP contribution >= 0.6 is 0 Å². The van der Waals surface area contributed by atoms with Crippen molar-refractivity contribution in [2.45, 2.75) is 26.2 Å². The molecule has 1 rings (SSSR count). The van der Waals surface area contributed by atoms with E-state index in [1.165, 1.54) is 0 Å². The first-order valence-corrected chi connectivity index (χ1v) is 4.49. The average Bonchev–Trinajstić information content (AvgIpc) is 2.10. The van der Waals surface area contributed by atoms with Crippen LogP contribution in [-0.4, -0.2) is 24.0 Å². The van der Waals surface area contributed by atoms with E-state index in [1.54, 1.807) is 6.92 Å². The van der Waals surface area contributed by atoms with Crippen molar-refractivity contribution in [3.8, 4) is 0 Å². The lowest BCUT2D eigenvalue weighted by Gasteiger charge is -2.21. The second-order valence-corrected chi connectivity index (χ2v) is 3.09. The Morgan fingerprint density at radius 2 is 2.31 bits per heavy atom. The van der Waals surface area contributed by atoms with Gasteiger partial charge in [-0.3, -0.25) is 4.79 Å². The van der Waals surface area contributed by atoms with Crippen molar-refractivity contribution in [3.63, 3.8) is 0 Å². The van der Waals surface area contributed by atoms with Gasteiger partial charge in [-0.15, -0.1) is 0 Å². The molecule has 0 aromatic carbocycles. The normalized spacial score (nSPS) is 23.0. The number of hydrogen-bond acceptors (Lipinski definition) is 4. The molecular weight excluding hydrogens is 168 g/mol. The lowest BCUT2D eigenvalue weighted by atomic mass is 9.86. The molecule has 2 N–H and O–H groups in total. The number of carbonyl (C=O) groups is 1. The minimum Gasteiger partial charge on any atom is -0.465 e. The monoisotopic (exact) mass is 182 g/mol. The second kappa shape index (κ2) is 4.16. The fourth-order valence-corrected chi connectivity index (χ4v) is 1.45. The van der Waals surface area contributed by atoms with E-state index in [-0.39, 0.29) is 17.4 Å². The van der Waals surface area contributed by atoms with Crippen LogP contribution in [0.15, 0.2) is 0 Å². The van der Waals surface area contributed by atoms with E-state index < -0.39 is 5.92 Å². The van der Waals surface area contributed by atoms with Crippen LogP contribution in [-0.2, 0) is 9.53 Å². The zero-order valence-corrected chi connectivity index (χ0v) is 7.72. The topological polar surface area (TPSA) is 74.0 Å². The molecule has 0 radical (unpaired) electrons. The lowest BCUT2D eigenvalue weighted by molar-refractivity contribution is -0.145. The van der Waals surface area contributed by atoms with Gasteiger partial charge < -0.3 is 15.6 Å². The third-order valence-electron chi connectivity index (χ3n) is 2.16. The Bertz CT molecular complexity index is 248. The molecule has 0 amide bonds. The molecule has 0 aliphatic heterocycles. The van der Waals surface area contributed by atoms with Gasteiger partial charge in [-0.2, -0.15) is 0 Å². The molecule has 4 heteroatoms. The Labute approximate surface area is 77.3 Å². The summed E-state index contributed by atoms with van der Waals surface area (Å²) in [6, 6.07) is 0. The minimum absolute atomic E-state index is 0.143. The Hall–Kier alpha value is -1.19. The molecule has 1 fully saturated rings. The first kappa shape index (κ1) is 9.89. The summed E-state index contributed by atoms with van der Waals surface area (Å²) in [5.74, 6) is -0.835. The van der Waals surface area contributed by atoms with Crippen molar-refractivity contribution >= 4 is 17.4 Å². The molecule has 0 spiro atoms. The predicted molar refractivity (Wildman–Crippen MR) is 49.4 cm³/mol. The van der Waals surface area contributed by atoms with Gasteiger partial charge in [-0.1, -0.05) is 0 Å². The summed E-state index contributed by atoms with van der Waals surface area (Å²) >= 11 is 0. The molecule has 0 aromatic heterocycles. The first-order chi connectivity index (χ1) is 6.16. The van der Waals surface area contributed by atoms with Gasteiger partial charge in [0.2, 0.25) is 0 Å². The predicted octanol–water partition coefficient (Wildman–Crippen LogP) is 1.39. The smallest absolute Gasteiger partial charge is 0.315 e. The fraction of sp³-hybridized carbons (Fsp3) is 0.667. The third-order valence-corrected chi connectivity index (χ3v) is 2.16. The quantitative estimate of drug-likeness (QED) is 0.633. The average molecular weight is 182 g/mol. The van der Waals surface area contributed by atoms with Crippen LogP contribution in [0.4, 0.5) is 0 Å². The molecule has 1 unspecified atom stereocenters. The second-order valence-electron chi connectivity index (χ2n) is 3.09. The van der Waals surface area contributed by atoms with Gasteiger partial charge in [0.05, 0.1) is 18.0 Å². The molecule has 0 heterocycles. The van der Waals surface area contributed by atoms with Crippen molar-refractivity contribution < 1.29 is 9.53 Å². The fourth-order valence-electron chi connectivity index (χ4n) is 1.45. The highest BCUT2D eigenvalue weighted by atomic mass is 16.5. The number of hydrogen-bond donors (Lipinski definition) is 2. The summed E-state index contributed by atoms with van der Waals surface area (Å²) in [6.07, 6.45) is 2.08. The summed E-state index contributed by atoms with van der Waals surface area (Å²) in [4.78, 5) is 11.3.